The molecule has 0 spiro atoms. The molecular weight excluding hydrogens is 254 g/mol. The number of carbonyl (C=O) groups excluding carboxylic acids is 1. The average Bonchev–Trinajstić information content (AvgIpc) is 2.81. The number of hydrogen-bond acceptors (Lipinski definition) is 3. The fraction of sp³-hybridized carbons (Fsp3) is 0.733. The van der Waals surface area contributed by atoms with Gasteiger partial charge in [0, 0.05) is 25.9 Å². The van der Waals surface area contributed by atoms with Crippen molar-refractivity contribution < 1.29 is 9.53 Å². The summed E-state index contributed by atoms with van der Waals surface area (Å²) in [4.78, 5) is 14.7. The lowest BCUT2D eigenvalue weighted by Crippen LogP contribution is -2.41. The molecule has 0 aromatic carbocycles. The van der Waals surface area contributed by atoms with Crippen LogP contribution in [0.5, 0.6) is 0 Å². The minimum atomic E-state index is 0.112. The first-order valence-corrected chi connectivity index (χ1v) is 7.37. The van der Waals surface area contributed by atoms with Gasteiger partial charge in [0.1, 0.15) is 0 Å². The molecule has 5 heteroatoms. The van der Waals surface area contributed by atoms with Crippen molar-refractivity contribution in [2.75, 3.05) is 26.8 Å². The van der Waals surface area contributed by atoms with E-state index in [9.17, 15) is 4.79 Å². The number of hydrogen-bond donors (Lipinski definition) is 1. The Morgan fingerprint density at radius 3 is 2.95 bits per heavy atom. The van der Waals surface area contributed by atoms with Crippen LogP contribution in [0, 0.1) is 12.8 Å². The molecule has 1 amide bonds. The van der Waals surface area contributed by atoms with Crippen LogP contribution in [0.3, 0.4) is 0 Å². The normalized spacial score (nSPS) is 19.6. The van der Waals surface area contributed by atoms with Crippen molar-refractivity contribution in [3.63, 3.8) is 0 Å². The minimum absolute atomic E-state index is 0.112. The van der Waals surface area contributed by atoms with Gasteiger partial charge in [-0.25, -0.2) is 0 Å². The summed E-state index contributed by atoms with van der Waals surface area (Å²) in [5, 5.41) is 7.24. The number of aryl methyl sites for hydroxylation is 1. The molecule has 2 heterocycles. The quantitative estimate of drug-likeness (QED) is 0.920. The molecule has 1 aromatic heterocycles. The van der Waals surface area contributed by atoms with Gasteiger partial charge < -0.3 is 9.64 Å². The Morgan fingerprint density at radius 2 is 2.30 bits per heavy atom. The summed E-state index contributed by atoms with van der Waals surface area (Å²) in [7, 11) is 1.72. The predicted molar refractivity (Wildman–Crippen MR) is 77.9 cm³/mol. The van der Waals surface area contributed by atoms with E-state index >= 15 is 0 Å². The van der Waals surface area contributed by atoms with E-state index in [4.69, 9.17) is 4.74 Å². The number of nitrogens with zero attached hydrogens (tertiary/aromatic N) is 2. The molecule has 1 unspecified atom stereocenters. The van der Waals surface area contributed by atoms with Crippen LogP contribution in [0.1, 0.15) is 54.4 Å². The lowest BCUT2D eigenvalue weighted by molar-refractivity contribution is 0.0569. The van der Waals surface area contributed by atoms with E-state index in [0.717, 1.165) is 49.5 Å². The number of piperidine rings is 1. The number of likely N-dealkylation sites (tertiary alicyclic amines) is 1. The van der Waals surface area contributed by atoms with Gasteiger partial charge in [0.15, 0.2) is 0 Å². The van der Waals surface area contributed by atoms with Gasteiger partial charge in [0.2, 0.25) is 0 Å². The summed E-state index contributed by atoms with van der Waals surface area (Å²) < 4.78 is 5.23. The molecule has 5 nitrogen and oxygen atoms in total. The SMILES string of the molecule is COCC1CCCN(C(=O)c2c(C(C)C)n[nH]c2C)C1. The zero-order valence-corrected chi connectivity index (χ0v) is 12.9. The molecule has 2 rings (SSSR count). The van der Waals surface area contributed by atoms with Crippen LogP contribution in [0.15, 0.2) is 0 Å². The van der Waals surface area contributed by atoms with Crippen molar-refractivity contribution in [3.05, 3.63) is 17.0 Å². The fourth-order valence-corrected chi connectivity index (χ4v) is 2.92. The number of aromatic amines is 1. The largest absolute Gasteiger partial charge is 0.384 e. The highest BCUT2D eigenvalue weighted by molar-refractivity contribution is 5.96. The van der Waals surface area contributed by atoms with Crippen LogP contribution in [-0.4, -0.2) is 47.8 Å². The molecule has 1 aliphatic heterocycles. The molecule has 1 N–H and O–H groups in total. The van der Waals surface area contributed by atoms with Crippen molar-refractivity contribution >= 4 is 5.91 Å². The summed E-state index contributed by atoms with van der Waals surface area (Å²) in [6.07, 6.45) is 2.19. The maximum Gasteiger partial charge on any atom is 0.257 e. The van der Waals surface area contributed by atoms with Gasteiger partial charge in [0.25, 0.3) is 5.91 Å². The maximum atomic E-state index is 12.8. The summed E-state index contributed by atoms with van der Waals surface area (Å²) in [5.74, 6) is 0.812. The minimum Gasteiger partial charge on any atom is -0.384 e. The van der Waals surface area contributed by atoms with Crippen LogP contribution in [0.4, 0.5) is 0 Å². The Kier molecular flexibility index (Phi) is 4.81. The van der Waals surface area contributed by atoms with Gasteiger partial charge in [-0.2, -0.15) is 5.10 Å². The van der Waals surface area contributed by atoms with Gasteiger partial charge in [-0.1, -0.05) is 13.8 Å². The zero-order chi connectivity index (χ0) is 14.7. The van der Waals surface area contributed by atoms with Crippen LogP contribution in [-0.2, 0) is 4.74 Å². The predicted octanol–water partition coefficient (Wildman–Crippen LogP) is 2.34. The molecule has 20 heavy (non-hydrogen) atoms. The number of ether oxygens (including phenoxy) is 1. The zero-order valence-electron chi connectivity index (χ0n) is 12.9. The Balaban J connectivity index is 2.16. The molecule has 1 fully saturated rings. The van der Waals surface area contributed by atoms with E-state index < -0.39 is 0 Å². The van der Waals surface area contributed by atoms with Crippen LogP contribution in [0.2, 0.25) is 0 Å². The van der Waals surface area contributed by atoms with Gasteiger partial charge in [-0.3, -0.25) is 9.89 Å². The molecule has 112 valence electrons. The first-order chi connectivity index (χ1) is 9.54. The van der Waals surface area contributed by atoms with E-state index in [0.29, 0.717) is 5.92 Å². The summed E-state index contributed by atoms with van der Waals surface area (Å²) >= 11 is 0. The number of rotatable bonds is 4. The van der Waals surface area contributed by atoms with Crippen LogP contribution in [0.25, 0.3) is 0 Å². The summed E-state index contributed by atoms with van der Waals surface area (Å²) in [5.41, 5.74) is 2.51. The molecule has 1 aliphatic rings. The smallest absolute Gasteiger partial charge is 0.257 e. The molecule has 0 radical (unpaired) electrons. The molecule has 0 saturated carbocycles. The van der Waals surface area contributed by atoms with Gasteiger partial charge in [-0.05, 0) is 31.6 Å². The topological polar surface area (TPSA) is 58.2 Å². The van der Waals surface area contributed by atoms with Crippen molar-refractivity contribution in [2.24, 2.45) is 5.92 Å². The highest BCUT2D eigenvalue weighted by atomic mass is 16.5. The average molecular weight is 279 g/mol. The third-order valence-corrected chi connectivity index (χ3v) is 3.94. The standard InChI is InChI=1S/C15H25N3O2/c1-10(2)14-13(11(3)16-17-14)15(19)18-7-5-6-12(8-18)9-20-4/h10,12H,5-9H2,1-4H3,(H,16,17). The lowest BCUT2D eigenvalue weighted by Gasteiger charge is -2.32. The lowest BCUT2D eigenvalue weighted by atomic mass is 9.97. The maximum absolute atomic E-state index is 12.8. The van der Waals surface area contributed by atoms with Crippen molar-refractivity contribution in [1.29, 1.82) is 0 Å². The van der Waals surface area contributed by atoms with Gasteiger partial charge in [-0.15, -0.1) is 0 Å². The third-order valence-electron chi connectivity index (χ3n) is 3.94. The third kappa shape index (κ3) is 3.03. The Bertz CT molecular complexity index is 466. The Hall–Kier alpha value is -1.36. The first-order valence-electron chi connectivity index (χ1n) is 7.37. The number of carbonyl (C=O) groups is 1. The molecule has 0 bridgehead atoms. The number of H-pyrrole nitrogens is 1. The molecular formula is C15H25N3O2. The molecule has 1 atom stereocenters. The molecule has 0 aliphatic carbocycles. The molecule has 1 aromatic rings. The van der Waals surface area contributed by atoms with Crippen LogP contribution < -0.4 is 0 Å². The second-order valence-corrected chi connectivity index (χ2v) is 5.98. The second kappa shape index (κ2) is 6.39. The van der Waals surface area contributed by atoms with E-state index in [-0.39, 0.29) is 11.8 Å². The first kappa shape index (κ1) is 15.0. The van der Waals surface area contributed by atoms with Gasteiger partial charge in [0.05, 0.1) is 17.9 Å². The fourth-order valence-electron chi connectivity index (χ4n) is 2.92. The second-order valence-electron chi connectivity index (χ2n) is 5.98. The van der Waals surface area contributed by atoms with Crippen molar-refractivity contribution in [3.8, 4) is 0 Å². The monoisotopic (exact) mass is 279 g/mol. The van der Waals surface area contributed by atoms with E-state index in [1.165, 1.54) is 0 Å². The van der Waals surface area contributed by atoms with E-state index in [1.54, 1.807) is 7.11 Å². The highest BCUT2D eigenvalue weighted by Gasteiger charge is 2.28. The van der Waals surface area contributed by atoms with Crippen molar-refractivity contribution in [2.45, 2.75) is 39.5 Å². The Morgan fingerprint density at radius 1 is 1.55 bits per heavy atom. The number of amides is 1. The molecule has 1 saturated heterocycles. The van der Waals surface area contributed by atoms with Gasteiger partial charge >= 0.3 is 0 Å². The number of nitrogens with one attached hydrogen (secondary N) is 1. The van der Waals surface area contributed by atoms with E-state index in [2.05, 4.69) is 24.0 Å². The summed E-state index contributed by atoms with van der Waals surface area (Å²) in [6, 6.07) is 0. The summed E-state index contributed by atoms with van der Waals surface area (Å²) in [6.45, 7) is 8.40. The highest BCUT2D eigenvalue weighted by Crippen LogP contribution is 2.24. The number of methoxy groups -OCH3 is 1. The van der Waals surface area contributed by atoms with Crippen molar-refractivity contribution in [1.82, 2.24) is 15.1 Å². The Labute approximate surface area is 120 Å². The van der Waals surface area contributed by atoms with E-state index in [1.807, 2.05) is 11.8 Å². The van der Waals surface area contributed by atoms with Crippen LogP contribution >= 0.6 is 0 Å². The number of aromatic nitrogens is 2.